The van der Waals surface area contributed by atoms with Crippen molar-refractivity contribution < 1.29 is 9.84 Å². The highest BCUT2D eigenvalue weighted by Gasteiger charge is 2.19. The molecule has 9 heteroatoms. The number of hydrogen-bond donors (Lipinski definition) is 2. The summed E-state index contributed by atoms with van der Waals surface area (Å²) in [4.78, 5) is 11.0. The Bertz CT molecular complexity index is 590. The smallest absolute Gasteiger partial charge is 0.191 e. The van der Waals surface area contributed by atoms with E-state index in [2.05, 4.69) is 19.7 Å². The van der Waals surface area contributed by atoms with Crippen molar-refractivity contribution >= 4 is 47.2 Å². The quantitative estimate of drug-likeness (QED) is 0.352. The van der Waals surface area contributed by atoms with Gasteiger partial charge in [0.2, 0.25) is 0 Å². The van der Waals surface area contributed by atoms with Gasteiger partial charge in [-0.3, -0.25) is 9.89 Å². The SMILES string of the molecule is I.NC(=NCC(O)CN1CCOCC1)N1CCN(c2ccc(Cl)cc2)CC1. The molecule has 3 N–H and O–H groups in total. The third-order valence-corrected chi connectivity index (χ3v) is 5.08. The van der Waals surface area contributed by atoms with Crippen LogP contribution in [0.15, 0.2) is 29.3 Å². The molecule has 152 valence electrons. The summed E-state index contributed by atoms with van der Waals surface area (Å²) >= 11 is 5.95. The lowest BCUT2D eigenvalue weighted by Crippen LogP contribution is -2.51. The van der Waals surface area contributed by atoms with Crippen molar-refractivity contribution in [2.24, 2.45) is 10.7 Å². The number of β-amino-alcohol motifs (C(OH)–C–C–N with tert-alkyl or cyclic N) is 1. The number of morpholine rings is 1. The van der Waals surface area contributed by atoms with E-state index >= 15 is 0 Å². The van der Waals surface area contributed by atoms with Gasteiger partial charge in [-0.15, -0.1) is 24.0 Å². The predicted molar refractivity (Wildman–Crippen MR) is 120 cm³/mol. The topological polar surface area (TPSA) is 77.6 Å². The fourth-order valence-electron chi connectivity index (χ4n) is 3.28. The Kier molecular flexibility index (Phi) is 9.37. The molecule has 1 atom stereocenters. The van der Waals surface area contributed by atoms with Crippen LogP contribution in [0.3, 0.4) is 0 Å². The summed E-state index contributed by atoms with van der Waals surface area (Å²) in [5.41, 5.74) is 7.30. The molecule has 2 aliphatic heterocycles. The number of aliphatic hydroxyl groups is 1. The molecule has 0 spiro atoms. The molecule has 1 unspecified atom stereocenters. The number of halogens is 2. The normalized spacial score (nSPS) is 20.3. The zero-order valence-corrected chi connectivity index (χ0v) is 18.6. The number of anilines is 1. The standard InChI is InChI=1S/C18H28ClN5O2.HI/c19-15-1-3-16(4-2-15)23-5-7-24(8-6-23)18(20)21-13-17(25)14-22-9-11-26-12-10-22;/h1-4,17,25H,5-14H2,(H2,20,21);1H. The summed E-state index contributed by atoms with van der Waals surface area (Å²) in [6.45, 7) is 7.54. The maximum Gasteiger partial charge on any atom is 0.191 e. The lowest BCUT2D eigenvalue weighted by Gasteiger charge is -2.36. The molecule has 0 amide bonds. The first-order chi connectivity index (χ1) is 12.6. The van der Waals surface area contributed by atoms with Crippen molar-refractivity contribution in [1.29, 1.82) is 0 Å². The fraction of sp³-hybridized carbons (Fsp3) is 0.611. The van der Waals surface area contributed by atoms with Crippen LogP contribution in [0.4, 0.5) is 5.69 Å². The zero-order chi connectivity index (χ0) is 18.4. The van der Waals surface area contributed by atoms with Crippen LogP contribution >= 0.6 is 35.6 Å². The molecule has 0 radical (unpaired) electrons. The van der Waals surface area contributed by atoms with Gasteiger partial charge in [-0.1, -0.05) is 11.6 Å². The Morgan fingerprint density at radius 3 is 2.37 bits per heavy atom. The third kappa shape index (κ3) is 6.94. The van der Waals surface area contributed by atoms with Crippen molar-refractivity contribution in [3.8, 4) is 0 Å². The van der Waals surface area contributed by atoms with Crippen molar-refractivity contribution in [2.45, 2.75) is 6.10 Å². The van der Waals surface area contributed by atoms with Gasteiger partial charge in [0.1, 0.15) is 0 Å². The monoisotopic (exact) mass is 509 g/mol. The zero-order valence-electron chi connectivity index (χ0n) is 15.5. The van der Waals surface area contributed by atoms with Crippen molar-refractivity contribution in [2.75, 3.05) is 70.5 Å². The molecule has 1 aromatic carbocycles. The molecule has 7 nitrogen and oxygen atoms in total. The summed E-state index contributed by atoms with van der Waals surface area (Å²) in [6.07, 6.45) is -0.498. The van der Waals surface area contributed by atoms with Gasteiger partial charge >= 0.3 is 0 Å². The second-order valence-electron chi connectivity index (χ2n) is 6.72. The Morgan fingerprint density at radius 1 is 1.11 bits per heavy atom. The van der Waals surface area contributed by atoms with Crippen LogP contribution in [0.1, 0.15) is 0 Å². The Morgan fingerprint density at radius 2 is 1.74 bits per heavy atom. The summed E-state index contributed by atoms with van der Waals surface area (Å²) in [5, 5.41) is 10.9. The Hall–Kier alpha value is -0.810. The average molecular weight is 510 g/mol. The molecule has 1 aromatic rings. The first-order valence-electron chi connectivity index (χ1n) is 9.15. The molecular weight excluding hydrogens is 481 g/mol. The Labute approximate surface area is 183 Å². The van der Waals surface area contributed by atoms with Crippen molar-refractivity contribution in [3.63, 3.8) is 0 Å². The van der Waals surface area contributed by atoms with Crippen LogP contribution in [0.25, 0.3) is 0 Å². The lowest BCUT2D eigenvalue weighted by molar-refractivity contribution is 0.0164. The van der Waals surface area contributed by atoms with Gasteiger partial charge in [0.15, 0.2) is 5.96 Å². The van der Waals surface area contributed by atoms with Gasteiger partial charge in [0.25, 0.3) is 0 Å². The maximum atomic E-state index is 10.2. The van der Waals surface area contributed by atoms with Crippen molar-refractivity contribution in [1.82, 2.24) is 9.80 Å². The lowest BCUT2D eigenvalue weighted by atomic mass is 10.2. The summed E-state index contributed by atoms with van der Waals surface area (Å²) in [6, 6.07) is 7.90. The van der Waals surface area contributed by atoms with E-state index in [-0.39, 0.29) is 24.0 Å². The van der Waals surface area contributed by atoms with Gasteiger partial charge in [-0.25, -0.2) is 0 Å². The van der Waals surface area contributed by atoms with Gasteiger partial charge in [0.05, 0.1) is 25.9 Å². The van der Waals surface area contributed by atoms with E-state index < -0.39 is 6.10 Å². The maximum absolute atomic E-state index is 10.2. The molecule has 2 heterocycles. The number of aliphatic hydroxyl groups excluding tert-OH is 1. The number of piperazine rings is 1. The minimum atomic E-state index is -0.498. The molecule has 2 saturated heterocycles. The van der Waals surface area contributed by atoms with E-state index in [1.807, 2.05) is 24.3 Å². The highest BCUT2D eigenvalue weighted by atomic mass is 127. The van der Waals surface area contributed by atoms with Crippen LogP contribution in [0, 0.1) is 0 Å². The summed E-state index contributed by atoms with van der Waals surface area (Å²) in [7, 11) is 0. The van der Waals surface area contributed by atoms with Crippen LogP contribution in [0.2, 0.25) is 5.02 Å². The van der Waals surface area contributed by atoms with E-state index in [0.29, 0.717) is 19.0 Å². The van der Waals surface area contributed by atoms with Gasteiger partial charge in [0, 0.05) is 56.5 Å². The van der Waals surface area contributed by atoms with Crippen LogP contribution in [-0.2, 0) is 4.74 Å². The number of benzene rings is 1. The molecule has 27 heavy (non-hydrogen) atoms. The first kappa shape index (κ1) is 22.5. The largest absolute Gasteiger partial charge is 0.390 e. The van der Waals surface area contributed by atoms with Crippen LogP contribution in [0.5, 0.6) is 0 Å². The highest BCUT2D eigenvalue weighted by Crippen LogP contribution is 2.19. The molecule has 0 saturated carbocycles. The number of guanidine groups is 1. The minimum Gasteiger partial charge on any atom is -0.390 e. The highest BCUT2D eigenvalue weighted by molar-refractivity contribution is 14.0. The number of nitrogens with zero attached hydrogens (tertiary/aromatic N) is 4. The van der Waals surface area contributed by atoms with Crippen LogP contribution in [-0.4, -0.2) is 92.5 Å². The van der Waals surface area contributed by atoms with E-state index in [1.165, 1.54) is 5.69 Å². The van der Waals surface area contributed by atoms with Gasteiger partial charge in [-0.2, -0.15) is 0 Å². The first-order valence-corrected chi connectivity index (χ1v) is 9.53. The summed E-state index contributed by atoms with van der Waals surface area (Å²) < 4.78 is 5.32. The summed E-state index contributed by atoms with van der Waals surface area (Å²) in [5.74, 6) is 0.516. The molecule has 2 aliphatic rings. The number of nitrogens with two attached hydrogens (primary N) is 1. The second kappa shape index (κ2) is 11.3. The average Bonchev–Trinajstić information content (AvgIpc) is 2.68. The third-order valence-electron chi connectivity index (χ3n) is 4.83. The van der Waals surface area contributed by atoms with E-state index in [0.717, 1.165) is 57.5 Å². The van der Waals surface area contributed by atoms with Gasteiger partial charge in [-0.05, 0) is 24.3 Å². The second-order valence-corrected chi connectivity index (χ2v) is 7.15. The fourth-order valence-corrected chi connectivity index (χ4v) is 3.41. The van der Waals surface area contributed by atoms with E-state index in [1.54, 1.807) is 0 Å². The van der Waals surface area contributed by atoms with E-state index in [4.69, 9.17) is 22.1 Å². The predicted octanol–water partition coefficient (Wildman–Crippen LogP) is 1.09. The number of ether oxygens (including phenoxy) is 1. The van der Waals surface area contributed by atoms with Crippen molar-refractivity contribution in [3.05, 3.63) is 29.3 Å². The number of aliphatic imine (C=N–C) groups is 1. The molecule has 2 fully saturated rings. The molecular formula is C18H29ClIN5O2. The Balaban J connectivity index is 0.00000261. The minimum absolute atomic E-state index is 0. The molecule has 0 aromatic heterocycles. The molecule has 0 aliphatic carbocycles. The number of hydrogen-bond acceptors (Lipinski definition) is 5. The number of rotatable bonds is 5. The molecule has 3 rings (SSSR count). The van der Waals surface area contributed by atoms with Crippen LogP contribution < -0.4 is 10.6 Å². The van der Waals surface area contributed by atoms with Gasteiger partial charge < -0.3 is 25.4 Å². The molecule has 0 bridgehead atoms. The van der Waals surface area contributed by atoms with E-state index in [9.17, 15) is 5.11 Å².